The number of rotatable bonds is 5. The van der Waals surface area contributed by atoms with E-state index in [-0.39, 0.29) is 5.56 Å². The molecule has 178 valence electrons. The minimum atomic E-state index is -5.88. The second-order valence-electron chi connectivity index (χ2n) is 7.52. The quantitative estimate of drug-likeness (QED) is 0.273. The molecule has 0 N–H and O–H groups in total. The third-order valence-electron chi connectivity index (χ3n) is 5.33. The summed E-state index contributed by atoms with van der Waals surface area (Å²) < 4.78 is 95.3. The molecular formula is C23H16F7N3S. The van der Waals surface area contributed by atoms with E-state index in [1.807, 2.05) is 24.5 Å². The number of anilines is 1. The van der Waals surface area contributed by atoms with Gasteiger partial charge in [0, 0.05) is 35.3 Å². The van der Waals surface area contributed by atoms with Crippen LogP contribution in [-0.4, -0.2) is 29.1 Å². The minimum absolute atomic E-state index is 0.243. The van der Waals surface area contributed by atoms with Gasteiger partial charge < -0.3 is 0 Å². The maximum absolute atomic E-state index is 14.5. The molecule has 3 nitrogen and oxygen atoms in total. The molecule has 1 aromatic heterocycles. The van der Waals surface area contributed by atoms with Crippen molar-refractivity contribution in [1.82, 2.24) is 4.98 Å². The first kappa shape index (κ1) is 24.1. The molecule has 0 fully saturated rings. The molecule has 0 radical (unpaired) electrons. The van der Waals surface area contributed by atoms with E-state index in [0.29, 0.717) is 11.6 Å². The fourth-order valence-electron chi connectivity index (χ4n) is 3.61. The number of halogens is 7. The monoisotopic (exact) mass is 499 g/mol. The van der Waals surface area contributed by atoms with Gasteiger partial charge in [-0.3, -0.25) is 9.99 Å². The zero-order valence-corrected chi connectivity index (χ0v) is 18.3. The van der Waals surface area contributed by atoms with Crippen LogP contribution in [0.2, 0.25) is 0 Å². The Balaban J connectivity index is 1.79. The van der Waals surface area contributed by atoms with Gasteiger partial charge in [-0.05, 0) is 47.7 Å². The summed E-state index contributed by atoms with van der Waals surface area (Å²) in [5.41, 5.74) is -0.324. The number of aromatic nitrogens is 1. The lowest BCUT2D eigenvalue weighted by molar-refractivity contribution is -0.249. The summed E-state index contributed by atoms with van der Waals surface area (Å²) in [6.07, 6.45) is -2.01. The van der Waals surface area contributed by atoms with Gasteiger partial charge in [0.15, 0.2) is 5.82 Å². The van der Waals surface area contributed by atoms with E-state index in [9.17, 15) is 30.7 Å². The van der Waals surface area contributed by atoms with Crippen LogP contribution in [0, 0.1) is 11.6 Å². The first-order valence-corrected chi connectivity index (χ1v) is 11.1. The molecule has 2 heterocycles. The van der Waals surface area contributed by atoms with Crippen LogP contribution in [-0.2, 0) is 0 Å². The van der Waals surface area contributed by atoms with Gasteiger partial charge in [-0.2, -0.15) is 27.1 Å². The van der Waals surface area contributed by atoms with Crippen molar-refractivity contribution in [2.24, 2.45) is 5.10 Å². The summed E-state index contributed by atoms with van der Waals surface area (Å²) in [6.45, 7) is 0. The highest BCUT2D eigenvalue weighted by Crippen LogP contribution is 2.45. The third-order valence-corrected chi connectivity index (χ3v) is 6.06. The first-order valence-electron chi connectivity index (χ1n) is 9.87. The number of hydrogen-bond donors (Lipinski definition) is 0. The molecule has 4 rings (SSSR count). The standard InChI is InChI=1S/C23H16F7N3S/c1-34-17-4-2-3-13(8-17)14-7-15(12-31-11-14)20-10-21(22(26,27)23(28,29)30)32-33(20)19-6-5-16(24)9-18(19)25/h2-9,11-12,20H,10H2,1H3. The van der Waals surface area contributed by atoms with Crippen molar-refractivity contribution in [3.8, 4) is 11.1 Å². The number of pyridine rings is 1. The predicted octanol–water partition coefficient (Wildman–Crippen LogP) is 7.25. The van der Waals surface area contributed by atoms with Gasteiger partial charge >= 0.3 is 12.1 Å². The normalized spacial score (nSPS) is 16.6. The van der Waals surface area contributed by atoms with E-state index in [1.165, 1.54) is 24.2 Å². The number of thioether (sulfide) groups is 1. The SMILES string of the molecule is CSc1cccc(-c2cncc(C3CC(C(F)(F)C(F)(F)F)=NN3c3ccc(F)cc3F)c2)c1. The van der Waals surface area contributed by atoms with Gasteiger partial charge in [0.2, 0.25) is 0 Å². The zero-order valence-electron chi connectivity index (χ0n) is 17.5. The van der Waals surface area contributed by atoms with Crippen molar-refractivity contribution in [2.45, 2.75) is 29.5 Å². The zero-order chi connectivity index (χ0) is 24.7. The van der Waals surface area contributed by atoms with Gasteiger partial charge in [0.05, 0.1) is 11.7 Å². The van der Waals surface area contributed by atoms with Crippen molar-refractivity contribution in [3.63, 3.8) is 0 Å². The Hall–Kier alpha value is -3.08. The summed E-state index contributed by atoms with van der Waals surface area (Å²) in [4.78, 5) is 5.07. The number of hydrogen-bond acceptors (Lipinski definition) is 4. The van der Waals surface area contributed by atoms with Gasteiger partial charge in [-0.25, -0.2) is 8.78 Å². The van der Waals surface area contributed by atoms with Gasteiger partial charge in [0.1, 0.15) is 11.5 Å². The average molecular weight is 499 g/mol. The second-order valence-corrected chi connectivity index (χ2v) is 8.40. The Labute approximate surface area is 194 Å². The number of alkyl halides is 5. The molecule has 11 heteroatoms. The van der Waals surface area contributed by atoms with Gasteiger partial charge in [0.25, 0.3) is 0 Å². The van der Waals surface area contributed by atoms with Crippen molar-refractivity contribution < 1.29 is 30.7 Å². The van der Waals surface area contributed by atoms with Crippen LogP contribution >= 0.6 is 11.8 Å². The molecule has 1 unspecified atom stereocenters. The molecule has 0 aliphatic carbocycles. The maximum Gasteiger partial charge on any atom is 0.459 e. The summed E-state index contributed by atoms with van der Waals surface area (Å²) in [6, 6.07) is 10.0. The van der Waals surface area contributed by atoms with Gasteiger partial charge in [-0.15, -0.1) is 11.8 Å². The summed E-state index contributed by atoms with van der Waals surface area (Å²) in [7, 11) is 0. The lowest BCUT2D eigenvalue weighted by Crippen LogP contribution is -2.43. The average Bonchev–Trinajstić information content (AvgIpc) is 3.24. The predicted molar refractivity (Wildman–Crippen MR) is 116 cm³/mol. The Morgan fingerprint density at radius 2 is 1.71 bits per heavy atom. The van der Waals surface area contributed by atoms with Gasteiger partial charge in [-0.1, -0.05) is 12.1 Å². The Kier molecular flexibility index (Phi) is 6.32. The topological polar surface area (TPSA) is 28.5 Å². The molecule has 0 amide bonds. The van der Waals surface area contributed by atoms with Crippen LogP contribution in [0.15, 0.2) is 70.9 Å². The third kappa shape index (κ3) is 4.48. The second kappa shape index (κ2) is 8.94. The van der Waals surface area contributed by atoms with Crippen molar-refractivity contribution in [1.29, 1.82) is 0 Å². The first-order chi connectivity index (χ1) is 16.0. The highest BCUT2D eigenvalue weighted by Gasteiger charge is 2.63. The summed E-state index contributed by atoms with van der Waals surface area (Å²) >= 11 is 1.50. The lowest BCUT2D eigenvalue weighted by Gasteiger charge is -2.24. The Bertz CT molecular complexity index is 1240. The molecule has 2 aromatic carbocycles. The van der Waals surface area contributed by atoms with E-state index >= 15 is 0 Å². The number of nitrogens with zero attached hydrogens (tertiary/aromatic N) is 3. The highest BCUT2D eigenvalue weighted by atomic mass is 32.2. The molecule has 34 heavy (non-hydrogen) atoms. The fraction of sp³-hybridized carbons (Fsp3) is 0.217. The van der Waals surface area contributed by atoms with E-state index in [2.05, 4.69) is 10.1 Å². The molecule has 3 aromatic rings. The summed E-state index contributed by atoms with van der Waals surface area (Å²) in [5.74, 6) is -7.31. The Morgan fingerprint density at radius 1 is 0.941 bits per heavy atom. The van der Waals surface area contributed by atoms with E-state index in [1.54, 1.807) is 12.1 Å². The van der Waals surface area contributed by atoms with Crippen LogP contribution in [0.25, 0.3) is 11.1 Å². The molecule has 1 aliphatic heterocycles. The molecule has 0 bridgehead atoms. The fourth-order valence-corrected chi connectivity index (χ4v) is 4.07. The number of benzene rings is 2. The van der Waals surface area contributed by atoms with E-state index < -0.39 is 47.6 Å². The minimum Gasteiger partial charge on any atom is -0.264 e. The molecule has 0 spiro atoms. The highest BCUT2D eigenvalue weighted by molar-refractivity contribution is 7.98. The smallest absolute Gasteiger partial charge is 0.264 e. The van der Waals surface area contributed by atoms with Crippen molar-refractivity contribution in [2.75, 3.05) is 11.3 Å². The lowest BCUT2D eigenvalue weighted by atomic mass is 9.97. The van der Waals surface area contributed by atoms with E-state index in [0.717, 1.165) is 27.6 Å². The van der Waals surface area contributed by atoms with E-state index in [4.69, 9.17) is 0 Å². The Morgan fingerprint density at radius 3 is 2.38 bits per heavy atom. The van der Waals surface area contributed by atoms with Crippen LogP contribution in [0.5, 0.6) is 0 Å². The molecule has 0 saturated carbocycles. The number of hydrazone groups is 1. The van der Waals surface area contributed by atoms with Crippen LogP contribution in [0.3, 0.4) is 0 Å². The maximum atomic E-state index is 14.5. The van der Waals surface area contributed by atoms with Crippen LogP contribution in [0.1, 0.15) is 18.0 Å². The molecular weight excluding hydrogens is 483 g/mol. The summed E-state index contributed by atoms with van der Waals surface area (Å²) in [5, 5.41) is 4.19. The molecule has 1 aliphatic rings. The molecule has 1 atom stereocenters. The van der Waals surface area contributed by atoms with Crippen molar-refractivity contribution in [3.05, 3.63) is 78.1 Å². The van der Waals surface area contributed by atoms with Crippen molar-refractivity contribution >= 4 is 23.2 Å². The molecule has 0 saturated heterocycles. The largest absolute Gasteiger partial charge is 0.459 e. The van der Waals surface area contributed by atoms with Crippen LogP contribution in [0.4, 0.5) is 36.4 Å². The van der Waals surface area contributed by atoms with Crippen LogP contribution < -0.4 is 5.01 Å².